The summed E-state index contributed by atoms with van der Waals surface area (Å²) in [4.78, 5) is 0. The first-order valence-electron chi connectivity index (χ1n) is 4.75. The standard InChI is InChI=1S/C10H10F3NO2/c11-5-1-6(12)10(13)7(2-5)14-8-3-16-4-9(8)15/h1-2,8-9,14-15H,3-4H2. The van der Waals surface area contributed by atoms with Gasteiger partial charge in [0.05, 0.1) is 31.0 Å². The minimum absolute atomic E-state index is 0.122. The Kier molecular flexibility index (Phi) is 3.02. The van der Waals surface area contributed by atoms with Gasteiger partial charge in [-0.1, -0.05) is 0 Å². The lowest BCUT2D eigenvalue weighted by Crippen LogP contribution is -2.32. The number of aliphatic hydroxyl groups excluding tert-OH is 1. The molecule has 6 heteroatoms. The van der Waals surface area contributed by atoms with Crippen LogP contribution >= 0.6 is 0 Å². The summed E-state index contributed by atoms with van der Waals surface area (Å²) in [6.07, 6.45) is -0.814. The van der Waals surface area contributed by atoms with Gasteiger partial charge in [-0.15, -0.1) is 0 Å². The van der Waals surface area contributed by atoms with Crippen molar-refractivity contribution in [3.63, 3.8) is 0 Å². The molecule has 1 aliphatic heterocycles. The van der Waals surface area contributed by atoms with Crippen LogP contribution in [0, 0.1) is 17.5 Å². The Balaban J connectivity index is 2.20. The van der Waals surface area contributed by atoms with E-state index in [2.05, 4.69) is 5.32 Å². The first-order valence-corrected chi connectivity index (χ1v) is 4.75. The van der Waals surface area contributed by atoms with Gasteiger partial charge in [0.1, 0.15) is 5.82 Å². The molecule has 0 radical (unpaired) electrons. The second kappa shape index (κ2) is 4.31. The van der Waals surface area contributed by atoms with Crippen LogP contribution in [0.25, 0.3) is 0 Å². The number of anilines is 1. The van der Waals surface area contributed by atoms with Crippen molar-refractivity contribution >= 4 is 5.69 Å². The van der Waals surface area contributed by atoms with E-state index in [1.54, 1.807) is 0 Å². The van der Waals surface area contributed by atoms with Gasteiger partial charge in [0.25, 0.3) is 0 Å². The molecule has 1 aromatic carbocycles. The zero-order valence-corrected chi connectivity index (χ0v) is 8.21. The molecule has 1 aromatic rings. The average Bonchev–Trinajstić information content (AvgIpc) is 2.60. The first-order chi connectivity index (χ1) is 7.58. The molecule has 0 aliphatic carbocycles. The summed E-state index contributed by atoms with van der Waals surface area (Å²) in [6, 6.07) is 0.738. The van der Waals surface area contributed by atoms with Crippen LogP contribution in [0.5, 0.6) is 0 Å². The van der Waals surface area contributed by atoms with E-state index in [9.17, 15) is 18.3 Å². The summed E-state index contributed by atoms with van der Waals surface area (Å²) >= 11 is 0. The van der Waals surface area contributed by atoms with Crippen molar-refractivity contribution in [2.24, 2.45) is 0 Å². The van der Waals surface area contributed by atoms with E-state index < -0.39 is 29.6 Å². The molecule has 2 atom stereocenters. The van der Waals surface area contributed by atoms with Gasteiger partial charge in [-0.3, -0.25) is 0 Å². The van der Waals surface area contributed by atoms with Crippen molar-refractivity contribution in [3.8, 4) is 0 Å². The van der Waals surface area contributed by atoms with Crippen LogP contribution in [0.15, 0.2) is 12.1 Å². The van der Waals surface area contributed by atoms with Crippen molar-refractivity contribution in [3.05, 3.63) is 29.6 Å². The van der Waals surface area contributed by atoms with Crippen molar-refractivity contribution < 1.29 is 23.0 Å². The van der Waals surface area contributed by atoms with Crippen molar-refractivity contribution in [1.29, 1.82) is 0 Å². The number of aliphatic hydroxyl groups is 1. The normalized spacial score (nSPS) is 24.8. The van der Waals surface area contributed by atoms with Crippen molar-refractivity contribution in [1.82, 2.24) is 0 Å². The zero-order valence-electron chi connectivity index (χ0n) is 8.21. The molecule has 0 aromatic heterocycles. The molecule has 1 aliphatic rings. The second-order valence-electron chi connectivity index (χ2n) is 3.60. The third-order valence-electron chi connectivity index (χ3n) is 2.38. The van der Waals surface area contributed by atoms with Crippen LogP contribution in [-0.2, 0) is 4.74 Å². The van der Waals surface area contributed by atoms with Crippen LogP contribution < -0.4 is 5.32 Å². The first kappa shape index (κ1) is 11.2. The molecular weight excluding hydrogens is 223 g/mol. The predicted octanol–water partition coefficient (Wildman–Crippen LogP) is 1.28. The molecule has 0 amide bonds. The van der Waals surface area contributed by atoms with Crippen LogP contribution in [0.3, 0.4) is 0 Å². The molecular formula is C10H10F3NO2. The van der Waals surface area contributed by atoms with Crippen LogP contribution in [0.1, 0.15) is 0 Å². The topological polar surface area (TPSA) is 41.5 Å². The number of hydrogen-bond donors (Lipinski definition) is 2. The molecule has 1 saturated heterocycles. The van der Waals surface area contributed by atoms with E-state index in [0.29, 0.717) is 6.07 Å². The van der Waals surface area contributed by atoms with E-state index in [0.717, 1.165) is 6.07 Å². The molecule has 0 saturated carbocycles. The Morgan fingerprint density at radius 2 is 2.00 bits per heavy atom. The minimum atomic E-state index is -1.27. The fourth-order valence-corrected chi connectivity index (χ4v) is 1.54. The molecule has 1 heterocycles. The fraction of sp³-hybridized carbons (Fsp3) is 0.400. The van der Waals surface area contributed by atoms with Crippen LogP contribution in [-0.4, -0.2) is 30.5 Å². The Morgan fingerprint density at radius 3 is 2.62 bits per heavy atom. The maximum atomic E-state index is 13.2. The van der Waals surface area contributed by atoms with Crippen molar-refractivity contribution in [2.45, 2.75) is 12.1 Å². The molecule has 0 spiro atoms. The minimum Gasteiger partial charge on any atom is -0.388 e. The lowest BCUT2D eigenvalue weighted by atomic mass is 10.2. The van der Waals surface area contributed by atoms with Gasteiger partial charge in [0.15, 0.2) is 11.6 Å². The number of ether oxygens (including phenoxy) is 1. The fourth-order valence-electron chi connectivity index (χ4n) is 1.54. The largest absolute Gasteiger partial charge is 0.388 e. The Labute approximate surface area is 89.8 Å². The SMILES string of the molecule is OC1COCC1Nc1cc(F)cc(F)c1F. The van der Waals surface area contributed by atoms with E-state index in [4.69, 9.17) is 4.74 Å². The predicted molar refractivity (Wildman–Crippen MR) is 50.6 cm³/mol. The molecule has 0 bridgehead atoms. The number of rotatable bonds is 2. The van der Waals surface area contributed by atoms with E-state index in [1.807, 2.05) is 0 Å². The Bertz CT molecular complexity index is 400. The highest BCUT2D eigenvalue weighted by atomic mass is 19.2. The van der Waals surface area contributed by atoms with Gasteiger partial charge in [-0.2, -0.15) is 0 Å². The smallest absolute Gasteiger partial charge is 0.182 e. The third-order valence-corrected chi connectivity index (χ3v) is 2.38. The summed E-state index contributed by atoms with van der Waals surface area (Å²) in [6.45, 7) is 0.288. The number of hydrogen-bond acceptors (Lipinski definition) is 3. The average molecular weight is 233 g/mol. The number of halogens is 3. The van der Waals surface area contributed by atoms with Gasteiger partial charge in [0.2, 0.25) is 0 Å². The lowest BCUT2D eigenvalue weighted by Gasteiger charge is -2.16. The monoisotopic (exact) mass is 233 g/mol. The molecule has 1 fully saturated rings. The van der Waals surface area contributed by atoms with Crippen molar-refractivity contribution in [2.75, 3.05) is 18.5 Å². The van der Waals surface area contributed by atoms with E-state index >= 15 is 0 Å². The van der Waals surface area contributed by atoms with E-state index in [-0.39, 0.29) is 18.9 Å². The maximum absolute atomic E-state index is 13.2. The highest BCUT2D eigenvalue weighted by Crippen LogP contribution is 2.21. The number of nitrogens with one attached hydrogen (secondary N) is 1. The third kappa shape index (κ3) is 2.12. The summed E-state index contributed by atoms with van der Waals surface area (Å²) in [5.41, 5.74) is -0.313. The van der Waals surface area contributed by atoms with Gasteiger partial charge in [0, 0.05) is 12.1 Å². The summed E-state index contributed by atoms with van der Waals surface area (Å²) in [5, 5.41) is 11.9. The van der Waals surface area contributed by atoms with Gasteiger partial charge in [-0.05, 0) is 0 Å². The summed E-state index contributed by atoms with van der Waals surface area (Å²) in [5.74, 6) is -3.31. The second-order valence-corrected chi connectivity index (χ2v) is 3.60. The summed E-state index contributed by atoms with van der Waals surface area (Å²) < 4.78 is 43.9. The molecule has 2 rings (SSSR count). The molecule has 16 heavy (non-hydrogen) atoms. The maximum Gasteiger partial charge on any atom is 0.182 e. The Morgan fingerprint density at radius 1 is 1.25 bits per heavy atom. The summed E-state index contributed by atoms with van der Waals surface area (Å²) in [7, 11) is 0. The molecule has 88 valence electrons. The molecule has 3 nitrogen and oxygen atoms in total. The quantitative estimate of drug-likeness (QED) is 0.756. The van der Waals surface area contributed by atoms with Crippen LogP contribution in [0.2, 0.25) is 0 Å². The van der Waals surface area contributed by atoms with Gasteiger partial charge >= 0.3 is 0 Å². The highest BCUT2D eigenvalue weighted by molar-refractivity contribution is 5.46. The lowest BCUT2D eigenvalue weighted by molar-refractivity contribution is 0.125. The van der Waals surface area contributed by atoms with Gasteiger partial charge in [-0.25, -0.2) is 13.2 Å². The van der Waals surface area contributed by atoms with E-state index in [1.165, 1.54) is 0 Å². The highest BCUT2D eigenvalue weighted by Gasteiger charge is 2.27. The van der Waals surface area contributed by atoms with Crippen LogP contribution in [0.4, 0.5) is 18.9 Å². The number of benzene rings is 1. The zero-order chi connectivity index (χ0) is 11.7. The Hall–Kier alpha value is -1.27. The molecule has 2 unspecified atom stereocenters. The van der Waals surface area contributed by atoms with Gasteiger partial charge < -0.3 is 15.2 Å². The molecule has 2 N–H and O–H groups in total.